The van der Waals surface area contributed by atoms with Crippen LogP contribution in [0.15, 0.2) is 18.2 Å². The molecule has 0 aromatic heterocycles. The highest BCUT2D eigenvalue weighted by molar-refractivity contribution is 6.32. The SMILES string of the molecule is CCC[C@](C)(OC)C(=O)Nc1ccc(OCCC(C)(C)OC)c(Cl)c1. The molecule has 1 aromatic carbocycles. The van der Waals surface area contributed by atoms with Crippen molar-refractivity contribution in [2.75, 3.05) is 26.1 Å². The molecule has 142 valence electrons. The number of carbonyl (C=O) groups is 1. The van der Waals surface area contributed by atoms with Crippen LogP contribution in [0.2, 0.25) is 5.02 Å². The molecule has 0 heterocycles. The first-order valence-corrected chi connectivity index (χ1v) is 8.89. The third kappa shape index (κ3) is 6.49. The summed E-state index contributed by atoms with van der Waals surface area (Å²) in [7, 11) is 3.22. The first-order chi connectivity index (χ1) is 11.7. The number of rotatable bonds is 10. The summed E-state index contributed by atoms with van der Waals surface area (Å²) in [6, 6.07) is 5.20. The summed E-state index contributed by atoms with van der Waals surface area (Å²) in [6.45, 7) is 8.28. The molecule has 1 atom stereocenters. The maximum atomic E-state index is 12.4. The van der Waals surface area contributed by atoms with Crippen molar-refractivity contribution in [1.29, 1.82) is 0 Å². The van der Waals surface area contributed by atoms with E-state index >= 15 is 0 Å². The van der Waals surface area contributed by atoms with Gasteiger partial charge in [0.15, 0.2) is 0 Å². The molecule has 25 heavy (non-hydrogen) atoms. The van der Waals surface area contributed by atoms with Gasteiger partial charge in [-0.25, -0.2) is 0 Å². The Morgan fingerprint density at radius 3 is 2.36 bits per heavy atom. The van der Waals surface area contributed by atoms with Gasteiger partial charge in [0, 0.05) is 26.3 Å². The zero-order valence-corrected chi connectivity index (χ0v) is 16.8. The molecule has 0 saturated carbocycles. The average molecular weight is 372 g/mol. The van der Waals surface area contributed by atoms with Gasteiger partial charge in [0.25, 0.3) is 5.91 Å². The molecule has 0 fully saturated rings. The van der Waals surface area contributed by atoms with E-state index in [1.807, 2.05) is 20.8 Å². The van der Waals surface area contributed by atoms with Gasteiger partial charge >= 0.3 is 0 Å². The van der Waals surface area contributed by atoms with Crippen LogP contribution in [-0.2, 0) is 14.3 Å². The van der Waals surface area contributed by atoms with Gasteiger partial charge in [-0.1, -0.05) is 24.9 Å². The first kappa shape index (κ1) is 21.7. The highest BCUT2D eigenvalue weighted by atomic mass is 35.5. The molecule has 0 radical (unpaired) electrons. The lowest BCUT2D eigenvalue weighted by molar-refractivity contribution is -0.136. The van der Waals surface area contributed by atoms with E-state index in [1.165, 1.54) is 0 Å². The van der Waals surface area contributed by atoms with E-state index in [0.717, 1.165) is 12.8 Å². The highest BCUT2D eigenvalue weighted by Gasteiger charge is 2.32. The van der Waals surface area contributed by atoms with Crippen molar-refractivity contribution in [2.45, 2.75) is 58.2 Å². The smallest absolute Gasteiger partial charge is 0.256 e. The van der Waals surface area contributed by atoms with Crippen molar-refractivity contribution >= 4 is 23.2 Å². The molecule has 6 heteroatoms. The van der Waals surface area contributed by atoms with Crippen LogP contribution in [-0.4, -0.2) is 37.9 Å². The Morgan fingerprint density at radius 1 is 1.16 bits per heavy atom. The molecule has 1 N–H and O–H groups in total. The molecule has 0 aliphatic rings. The van der Waals surface area contributed by atoms with Gasteiger partial charge in [-0.05, 0) is 45.4 Å². The normalized spacial score (nSPS) is 14.0. The minimum Gasteiger partial charge on any atom is -0.492 e. The van der Waals surface area contributed by atoms with Crippen LogP contribution < -0.4 is 10.1 Å². The van der Waals surface area contributed by atoms with E-state index < -0.39 is 5.60 Å². The number of halogens is 1. The van der Waals surface area contributed by atoms with Crippen LogP contribution in [0.1, 0.15) is 47.0 Å². The quantitative estimate of drug-likeness (QED) is 0.648. The number of carbonyl (C=O) groups excluding carboxylic acids is 1. The summed E-state index contributed by atoms with van der Waals surface area (Å²) in [5.41, 5.74) is -0.495. The molecule has 1 amide bonds. The lowest BCUT2D eigenvalue weighted by Crippen LogP contribution is -2.41. The Hall–Kier alpha value is -1.30. The lowest BCUT2D eigenvalue weighted by Gasteiger charge is -2.26. The van der Waals surface area contributed by atoms with E-state index in [1.54, 1.807) is 39.3 Å². The molecule has 0 aliphatic carbocycles. The molecule has 1 aromatic rings. The molecule has 0 saturated heterocycles. The van der Waals surface area contributed by atoms with Crippen LogP contribution in [0.25, 0.3) is 0 Å². The third-order valence-corrected chi connectivity index (χ3v) is 4.66. The Kier molecular flexibility index (Phi) is 8.19. The summed E-state index contributed by atoms with van der Waals surface area (Å²) in [4.78, 5) is 12.4. The van der Waals surface area contributed by atoms with Crippen molar-refractivity contribution < 1.29 is 19.0 Å². The van der Waals surface area contributed by atoms with E-state index in [0.29, 0.717) is 29.5 Å². The van der Waals surface area contributed by atoms with Crippen molar-refractivity contribution in [3.63, 3.8) is 0 Å². The van der Waals surface area contributed by atoms with E-state index in [9.17, 15) is 4.79 Å². The van der Waals surface area contributed by atoms with Crippen LogP contribution in [0.3, 0.4) is 0 Å². The van der Waals surface area contributed by atoms with Crippen LogP contribution in [0.5, 0.6) is 5.75 Å². The number of hydrogen-bond acceptors (Lipinski definition) is 4. The maximum absolute atomic E-state index is 12.4. The van der Waals surface area contributed by atoms with Crippen molar-refractivity contribution in [3.05, 3.63) is 23.2 Å². The van der Waals surface area contributed by atoms with E-state index in [2.05, 4.69) is 5.32 Å². The summed E-state index contributed by atoms with van der Waals surface area (Å²) in [5, 5.41) is 3.30. The molecule has 0 aliphatic heterocycles. The fourth-order valence-electron chi connectivity index (χ4n) is 2.25. The summed E-state index contributed by atoms with van der Waals surface area (Å²) < 4.78 is 16.5. The second-order valence-corrected chi connectivity index (χ2v) is 7.25. The number of amides is 1. The van der Waals surface area contributed by atoms with Crippen molar-refractivity contribution in [3.8, 4) is 5.75 Å². The number of nitrogens with one attached hydrogen (secondary N) is 1. The van der Waals surface area contributed by atoms with Crippen LogP contribution in [0, 0.1) is 0 Å². The second kappa shape index (κ2) is 9.41. The Morgan fingerprint density at radius 2 is 1.84 bits per heavy atom. The zero-order valence-electron chi connectivity index (χ0n) is 16.1. The van der Waals surface area contributed by atoms with E-state index in [-0.39, 0.29) is 11.5 Å². The second-order valence-electron chi connectivity index (χ2n) is 6.85. The fourth-order valence-corrected chi connectivity index (χ4v) is 2.49. The van der Waals surface area contributed by atoms with Gasteiger partial charge in [-0.3, -0.25) is 4.79 Å². The molecule has 0 unspecified atom stereocenters. The molecular formula is C19H30ClNO4. The number of ether oxygens (including phenoxy) is 3. The molecule has 0 spiro atoms. The Balaban J connectivity index is 2.71. The number of benzene rings is 1. The maximum Gasteiger partial charge on any atom is 0.256 e. The van der Waals surface area contributed by atoms with Gasteiger partial charge in [0.2, 0.25) is 0 Å². The average Bonchev–Trinajstić information content (AvgIpc) is 2.56. The highest BCUT2D eigenvalue weighted by Crippen LogP contribution is 2.29. The van der Waals surface area contributed by atoms with Crippen molar-refractivity contribution in [2.24, 2.45) is 0 Å². The monoisotopic (exact) mass is 371 g/mol. The predicted octanol–water partition coefficient (Wildman–Crippen LogP) is 4.68. The largest absolute Gasteiger partial charge is 0.492 e. The van der Waals surface area contributed by atoms with Gasteiger partial charge < -0.3 is 19.5 Å². The van der Waals surface area contributed by atoms with Gasteiger partial charge in [-0.2, -0.15) is 0 Å². The summed E-state index contributed by atoms with van der Waals surface area (Å²) in [6.07, 6.45) is 2.23. The topological polar surface area (TPSA) is 56.8 Å². The van der Waals surface area contributed by atoms with Crippen LogP contribution >= 0.6 is 11.6 Å². The minimum atomic E-state index is -0.859. The van der Waals surface area contributed by atoms with E-state index in [4.69, 9.17) is 25.8 Å². The zero-order chi connectivity index (χ0) is 19.1. The molecule has 1 rings (SSSR count). The van der Waals surface area contributed by atoms with Gasteiger partial charge in [-0.15, -0.1) is 0 Å². The number of hydrogen-bond donors (Lipinski definition) is 1. The standard InChI is InChI=1S/C19H30ClNO4/c1-7-10-19(4,24-6)17(22)21-14-8-9-16(15(20)13-14)25-12-11-18(2,3)23-5/h8-9,13H,7,10-12H2,1-6H3,(H,21,22)/t19-/m0/s1. The Labute approximate surface area is 156 Å². The number of anilines is 1. The molecule has 0 bridgehead atoms. The lowest BCUT2D eigenvalue weighted by atomic mass is 9.99. The molecular weight excluding hydrogens is 342 g/mol. The van der Waals surface area contributed by atoms with Crippen LogP contribution in [0.4, 0.5) is 5.69 Å². The summed E-state index contributed by atoms with van der Waals surface area (Å²) in [5.74, 6) is 0.387. The summed E-state index contributed by atoms with van der Waals surface area (Å²) >= 11 is 6.27. The van der Waals surface area contributed by atoms with Crippen molar-refractivity contribution in [1.82, 2.24) is 0 Å². The predicted molar refractivity (Wildman–Crippen MR) is 102 cm³/mol. The number of methoxy groups -OCH3 is 2. The first-order valence-electron chi connectivity index (χ1n) is 8.51. The Bertz CT molecular complexity index is 577. The third-order valence-electron chi connectivity index (χ3n) is 4.36. The fraction of sp³-hybridized carbons (Fsp3) is 0.632. The van der Waals surface area contributed by atoms with Gasteiger partial charge in [0.05, 0.1) is 17.2 Å². The molecule has 5 nitrogen and oxygen atoms in total. The van der Waals surface area contributed by atoms with Gasteiger partial charge in [0.1, 0.15) is 11.4 Å². The minimum absolute atomic E-state index is 0.191.